The quantitative estimate of drug-likeness (QED) is 0.585. The van der Waals surface area contributed by atoms with Crippen LogP contribution >= 0.6 is 0 Å². The lowest BCUT2D eigenvalue weighted by atomic mass is 9.72. The summed E-state index contributed by atoms with van der Waals surface area (Å²) in [5, 5.41) is 8.00. The normalized spacial score (nSPS) is 23.6. The summed E-state index contributed by atoms with van der Waals surface area (Å²) < 4.78 is 45.3. The minimum absolute atomic E-state index is 0.0113. The maximum Gasteiger partial charge on any atom is 0.391 e. The van der Waals surface area contributed by atoms with E-state index in [0.29, 0.717) is 42.5 Å². The number of aromatic nitrogens is 6. The Balaban J connectivity index is 1.50. The van der Waals surface area contributed by atoms with Crippen LogP contribution in [0.3, 0.4) is 0 Å². The van der Waals surface area contributed by atoms with Gasteiger partial charge in [0.25, 0.3) is 0 Å². The number of ether oxygens (including phenoxy) is 1. The van der Waals surface area contributed by atoms with Gasteiger partial charge in [-0.25, -0.2) is 15.0 Å². The fourth-order valence-electron chi connectivity index (χ4n) is 4.36. The molecule has 1 saturated carbocycles. The summed E-state index contributed by atoms with van der Waals surface area (Å²) in [5.74, 6) is -1.18. The third-order valence-electron chi connectivity index (χ3n) is 6.46. The molecule has 0 aromatic carbocycles. The van der Waals surface area contributed by atoms with Crippen molar-refractivity contribution in [2.75, 3.05) is 24.6 Å². The molecule has 2 fully saturated rings. The maximum absolute atomic E-state index is 13.1. The van der Waals surface area contributed by atoms with Crippen molar-refractivity contribution in [3.8, 4) is 0 Å². The summed E-state index contributed by atoms with van der Waals surface area (Å²) in [6, 6.07) is 1.93. The molecule has 5 rings (SSSR count). The second-order valence-electron chi connectivity index (χ2n) is 8.82. The van der Waals surface area contributed by atoms with Crippen molar-refractivity contribution in [1.29, 1.82) is 0 Å². The molecule has 1 saturated heterocycles. The molecule has 3 aromatic rings. The summed E-state index contributed by atoms with van der Waals surface area (Å²) in [6.45, 7) is 7.05. The summed E-state index contributed by atoms with van der Waals surface area (Å²) in [5.41, 5.74) is 4.62. The molecule has 8 nitrogen and oxygen atoms in total. The molecular formula is C22H24F3N7O. The van der Waals surface area contributed by atoms with Crippen molar-refractivity contribution in [3.05, 3.63) is 40.6 Å². The van der Waals surface area contributed by atoms with E-state index in [4.69, 9.17) is 9.72 Å². The van der Waals surface area contributed by atoms with Crippen molar-refractivity contribution >= 4 is 17.1 Å². The number of rotatable bonds is 3. The molecule has 11 heteroatoms. The minimum atomic E-state index is -4.19. The Labute approximate surface area is 188 Å². The highest BCUT2D eigenvalue weighted by atomic mass is 19.4. The number of anilines is 1. The lowest BCUT2D eigenvalue weighted by molar-refractivity contribution is -0.197. The van der Waals surface area contributed by atoms with Crippen LogP contribution in [0.1, 0.15) is 53.2 Å². The van der Waals surface area contributed by atoms with Crippen LogP contribution in [0.5, 0.6) is 0 Å². The first-order chi connectivity index (χ1) is 15.7. The molecule has 0 spiro atoms. The Morgan fingerprint density at radius 2 is 1.79 bits per heavy atom. The maximum atomic E-state index is 13.1. The highest BCUT2D eigenvalue weighted by Gasteiger charge is 2.49. The number of halogens is 3. The van der Waals surface area contributed by atoms with Gasteiger partial charge in [0, 0.05) is 18.0 Å². The summed E-state index contributed by atoms with van der Waals surface area (Å²) in [4.78, 5) is 20.6. The minimum Gasteiger partial charge on any atom is -0.370 e. The Hall–Kier alpha value is -2.95. The molecular weight excluding hydrogens is 435 g/mol. The molecule has 4 heterocycles. The van der Waals surface area contributed by atoms with E-state index < -0.39 is 12.1 Å². The Morgan fingerprint density at radius 1 is 1.03 bits per heavy atom. The molecule has 0 amide bonds. The number of hydrogen-bond acceptors (Lipinski definition) is 8. The van der Waals surface area contributed by atoms with E-state index in [-0.39, 0.29) is 24.9 Å². The predicted octanol–water partition coefficient (Wildman–Crippen LogP) is 3.77. The third kappa shape index (κ3) is 4.21. The largest absolute Gasteiger partial charge is 0.391 e. The van der Waals surface area contributed by atoms with Crippen LogP contribution in [0, 0.1) is 26.7 Å². The van der Waals surface area contributed by atoms with Crippen LogP contribution in [-0.2, 0) is 4.74 Å². The first kappa shape index (κ1) is 21.9. The number of hydrogen-bond donors (Lipinski definition) is 0. The molecule has 2 aliphatic rings. The van der Waals surface area contributed by atoms with Gasteiger partial charge in [-0.1, -0.05) is 0 Å². The lowest BCUT2D eigenvalue weighted by Crippen LogP contribution is -2.40. The SMILES string of the molecule is Cc1cc([C@H]2CN(c3nc(C4CC(C(F)(F)F)C4)c4nc(C)c(C)nc4n3)CCO2)cnn1. The first-order valence-corrected chi connectivity index (χ1v) is 10.9. The molecule has 174 valence electrons. The van der Waals surface area contributed by atoms with E-state index in [1.165, 1.54) is 0 Å². The van der Waals surface area contributed by atoms with Gasteiger partial charge in [-0.2, -0.15) is 28.4 Å². The van der Waals surface area contributed by atoms with Crippen LogP contribution in [0.25, 0.3) is 11.2 Å². The standard InChI is InChI=1S/C22H24F3N7O/c1-11-6-15(9-26-31-11)17-10-32(4-5-33-17)21-29-18(14-7-16(8-14)22(23,24)25)19-20(30-21)28-13(3)12(2)27-19/h6,9,14,16-17H,4-5,7-8,10H2,1-3H3/t14?,16?,17-/m1/s1. The highest BCUT2D eigenvalue weighted by molar-refractivity contribution is 5.75. The molecule has 1 aliphatic heterocycles. The van der Waals surface area contributed by atoms with Gasteiger partial charge in [0.2, 0.25) is 5.95 Å². The van der Waals surface area contributed by atoms with Crippen LogP contribution in [0.15, 0.2) is 12.3 Å². The van der Waals surface area contributed by atoms with Crippen molar-refractivity contribution < 1.29 is 17.9 Å². The average Bonchev–Trinajstić information content (AvgIpc) is 2.73. The fraction of sp³-hybridized carbons (Fsp3) is 0.545. The molecule has 1 aliphatic carbocycles. The second kappa shape index (κ2) is 8.12. The molecule has 0 bridgehead atoms. The van der Waals surface area contributed by atoms with Crippen molar-refractivity contribution in [3.63, 3.8) is 0 Å². The van der Waals surface area contributed by atoms with Gasteiger partial charge in [0.1, 0.15) is 11.6 Å². The summed E-state index contributed by atoms with van der Waals surface area (Å²) >= 11 is 0. The van der Waals surface area contributed by atoms with Crippen molar-refractivity contribution in [2.24, 2.45) is 5.92 Å². The molecule has 1 atom stereocenters. The second-order valence-corrected chi connectivity index (χ2v) is 8.82. The molecule has 0 N–H and O–H groups in total. The molecule has 0 radical (unpaired) electrons. The van der Waals surface area contributed by atoms with Gasteiger partial charge in [0.05, 0.1) is 48.0 Å². The lowest BCUT2D eigenvalue weighted by Gasteiger charge is -2.37. The Kier molecular flexibility index (Phi) is 5.38. The Bertz CT molecular complexity index is 1200. The topological polar surface area (TPSA) is 89.8 Å². The smallest absolute Gasteiger partial charge is 0.370 e. The predicted molar refractivity (Wildman–Crippen MR) is 114 cm³/mol. The van der Waals surface area contributed by atoms with Crippen LogP contribution in [0.2, 0.25) is 0 Å². The fourth-order valence-corrected chi connectivity index (χ4v) is 4.36. The van der Waals surface area contributed by atoms with E-state index in [0.717, 1.165) is 22.6 Å². The number of aryl methyl sites for hydroxylation is 3. The number of fused-ring (bicyclic) bond motifs is 1. The molecule has 3 aromatic heterocycles. The highest BCUT2D eigenvalue weighted by Crippen LogP contribution is 2.50. The summed E-state index contributed by atoms with van der Waals surface area (Å²) in [7, 11) is 0. The van der Waals surface area contributed by atoms with Crippen LogP contribution in [0.4, 0.5) is 19.1 Å². The monoisotopic (exact) mass is 459 g/mol. The van der Waals surface area contributed by atoms with Crippen LogP contribution < -0.4 is 4.90 Å². The zero-order valence-electron chi connectivity index (χ0n) is 18.6. The molecule has 0 unspecified atom stereocenters. The number of alkyl halides is 3. The number of nitrogens with zero attached hydrogens (tertiary/aromatic N) is 7. The van der Waals surface area contributed by atoms with E-state index >= 15 is 0 Å². The van der Waals surface area contributed by atoms with E-state index in [9.17, 15) is 13.2 Å². The van der Waals surface area contributed by atoms with Gasteiger partial charge in [-0.3, -0.25) is 0 Å². The van der Waals surface area contributed by atoms with Crippen molar-refractivity contribution in [1.82, 2.24) is 30.1 Å². The van der Waals surface area contributed by atoms with Gasteiger partial charge < -0.3 is 9.64 Å². The first-order valence-electron chi connectivity index (χ1n) is 10.9. The van der Waals surface area contributed by atoms with Gasteiger partial charge in [-0.15, -0.1) is 0 Å². The zero-order chi connectivity index (χ0) is 23.3. The third-order valence-corrected chi connectivity index (χ3v) is 6.46. The zero-order valence-corrected chi connectivity index (χ0v) is 18.6. The average molecular weight is 459 g/mol. The number of morpholine rings is 1. The Morgan fingerprint density at radius 3 is 2.52 bits per heavy atom. The van der Waals surface area contributed by atoms with Gasteiger partial charge in [-0.05, 0) is 39.7 Å². The van der Waals surface area contributed by atoms with Crippen LogP contribution in [-0.4, -0.2) is 56.0 Å². The molecule has 33 heavy (non-hydrogen) atoms. The summed E-state index contributed by atoms with van der Waals surface area (Å²) in [6.07, 6.45) is -2.72. The van der Waals surface area contributed by atoms with Gasteiger partial charge in [0.15, 0.2) is 5.65 Å². The van der Waals surface area contributed by atoms with E-state index in [1.807, 2.05) is 31.7 Å². The van der Waals surface area contributed by atoms with E-state index in [1.54, 1.807) is 6.20 Å². The van der Waals surface area contributed by atoms with Gasteiger partial charge >= 0.3 is 6.18 Å². The van der Waals surface area contributed by atoms with Crippen molar-refractivity contribution in [2.45, 2.75) is 51.8 Å². The van der Waals surface area contributed by atoms with E-state index in [2.05, 4.69) is 25.1 Å².